The fourth-order valence-electron chi connectivity index (χ4n) is 5.58. The molecule has 1 aromatic heterocycles. The number of hydrogen-bond donors (Lipinski definition) is 4. The molecule has 2 amide bonds. The van der Waals surface area contributed by atoms with Crippen LogP contribution in [0.1, 0.15) is 68.9 Å². The van der Waals surface area contributed by atoms with Crippen LogP contribution in [-0.4, -0.2) is 79.7 Å². The highest BCUT2D eigenvalue weighted by Crippen LogP contribution is 2.38. The molecule has 3 unspecified atom stereocenters. The van der Waals surface area contributed by atoms with Crippen LogP contribution in [0.25, 0.3) is 11.3 Å². The molecule has 264 valence electrons. The minimum atomic E-state index is -0.595. The monoisotopic (exact) mass is 700 g/mol. The van der Waals surface area contributed by atoms with Crippen molar-refractivity contribution in [2.45, 2.75) is 63.5 Å². The molecule has 2 aromatic carbocycles. The molecule has 0 radical (unpaired) electrons. The molecular formula is C34H42ClFN6O7. The predicted molar refractivity (Wildman–Crippen MR) is 183 cm³/mol. The van der Waals surface area contributed by atoms with Crippen molar-refractivity contribution in [1.29, 1.82) is 0 Å². The van der Waals surface area contributed by atoms with Crippen LogP contribution in [0, 0.1) is 5.82 Å². The number of cyclic esters (lactones) is 1. The third kappa shape index (κ3) is 9.92. The summed E-state index contributed by atoms with van der Waals surface area (Å²) in [6.07, 6.45) is 4.92. The van der Waals surface area contributed by atoms with Gasteiger partial charge in [0.25, 0.3) is 0 Å². The summed E-state index contributed by atoms with van der Waals surface area (Å²) in [6, 6.07) is 7.71. The Labute approximate surface area is 289 Å². The van der Waals surface area contributed by atoms with Gasteiger partial charge in [0.15, 0.2) is 5.82 Å². The largest absolute Gasteiger partial charge is 0.464 e. The van der Waals surface area contributed by atoms with Crippen molar-refractivity contribution in [2.75, 3.05) is 50.3 Å². The lowest BCUT2D eigenvalue weighted by molar-refractivity contribution is -0.144. The van der Waals surface area contributed by atoms with Gasteiger partial charge in [-0.25, -0.2) is 23.8 Å². The van der Waals surface area contributed by atoms with Gasteiger partial charge < -0.3 is 34.2 Å². The van der Waals surface area contributed by atoms with E-state index >= 15 is 0 Å². The maximum absolute atomic E-state index is 14.1. The van der Waals surface area contributed by atoms with Crippen molar-refractivity contribution in [3.8, 4) is 11.3 Å². The van der Waals surface area contributed by atoms with Crippen molar-refractivity contribution < 1.29 is 37.8 Å². The number of esters is 1. The number of fused-ring (bicyclic) bond motifs is 5. The molecule has 0 spiro atoms. The lowest BCUT2D eigenvalue weighted by Gasteiger charge is -2.27. The SMILES string of the molecule is CCOC(=O)C1CCCCC(C=O)c2ncc([nH]2)-c2ccc(NC(=O)OC)cc2N1.CN(C)CCCC1OC(=O)Nc2ccc(Cl)c(F)c21. The standard InChI is InChI=1S/C21H26N4O5.C13H16ClFN2O2/c1-3-30-20(27)16-7-5-4-6-13(12-26)19-22-11-18(25-19)15-9-8-14(10-17(15)24-16)23-21(28)29-2;1-17(2)7-3-4-10-11-9(16-13(18)19-10)6-5-8(14)12(11)15/h8-13,16,24H,3-7H2,1-2H3,(H,22,25)(H,23,28);5-6,10H,3-4,7H2,1-2H3,(H,16,18). The second kappa shape index (κ2) is 17.6. The summed E-state index contributed by atoms with van der Waals surface area (Å²) in [6.45, 7) is 2.89. The molecule has 3 aromatic rings. The number of hydrogen-bond acceptors (Lipinski definition) is 10. The van der Waals surface area contributed by atoms with Gasteiger partial charge >= 0.3 is 18.2 Å². The lowest BCUT2D eigenvalue weighted by atomic mass is 9.99. The Bertz CT molecular complexity index is 1630. The van der Waals surface area contributed by atoms with Crippen LogP contribution in [-0.2, 0) is 23.8 Å². The van der Waals surface area contributed by atoms with E-state index < -0.39 is 30.1 Å². The molecule has 2 bridgehead atoms. The van der Waals surface area contributed by atoms with Gasteiger partial charge in [0.1, 0.15) is 24.3 Å². The Morgan fingerprint density at radius 1 is 1.18 bits per heavy atom. The highest BCUT2D eigenvalue weighted by atomic mass is 35.5. The number of carbonyl (C=O) groups excluding carboxylic acids is 4. The van der Waals surface area contributed by atoms with Crippen LogP contribution >= 0.6 is 11.6 Å². The first-order valence-corrected chi connectivity index (χ1v) is 16.4. The number of methoxy groups -OCH3 is 1. The average Bonchev–Trinajstić information content (AvgIpc) is 3.55. The number of H-pyrrole nitrogens is 1. The number of nitrogens with zero attached hydrogens (tertiary/aromatic N) is 2. The number of nitrogens with one attached hydrogen (secondary N) is 4. The third-order valence-corrected chi connectivity index (χ3v) is 8.32. The van der Waals surface area contributed by atoms with Crippen molar-refractivity contribution >= 4 is 53.1 Å². The number of aromatic amines is 1. The van der Waals surface area contributed by atoms with Gasteiger partial charge in [0.2, 0.25) is 0 Å². The fraction of sp³-hybridized carbons (Fsp3) is 0.441. The van der Waals surface area contributed by atoms with E-state index in [0.717, 1.165) is 37.7 Å². The fourth-order valence-corrected chi connectivity index (χ4v) is 5.75. The van der Waals surface area contributed by atoms with E-state index in [1.165, 1.54) is 13.2 Å². The van der Waals surface area contributed by atoms with E-state index in [2.05, 4.69) is 30.7 Å². The van der Waals surface area contributed by atoms with Crippen LogP contribution in [0.2, 0.25) is 5.02 Å². The molecule has 3 atom stereocenters. The highest BCUT2D eigenvalue weighted by Gasteiger charge is 2.30. The lowest BCUT2D eigenvalue weighted by Crippen LogP contribution is -2.31. The quantitative estimate of drug-likeness (QED) is 0.111. The Balaban J connectivity index is 0.000000244. The van der Waals surface area contributed by atoms with Gasteiger partial charge in [0.05, 0.1) is 47.8 Å². The van der Waals surface area contributed by atoms with Crippen LogP contribution in [0.5, 0.6) is 0 Å². The minimum absolute atomic E-state index is 0.0381. The van der Waals surface area contributed by atoms with Gasteiger partial charge in [0, 0.05) is 16.9 Å². The minimum Gasteiger partial charge on any atom is -0.464 e. The smallest absolute Gasteiger partial charge is 0.412 e. The van der Waals surface area contributed by atoms with Gasteiger partial charge in [-0.05, 0) is 83.6 Å². The number of aromatic nitrogens is 2. The first-order chi connectivity index (χ1) is 23.5. The zero-order valence-electron chi connectivity index (χ0n) is 27.9. The van der Waals surface area contributed by atoms with Gasteiger partial charge in [-0.1, -0.05) is 24.4 Å². The average molecular weight is 701 g/mol. The maximum atomic E-state index is 14.1. The summed E-state index contributed by atoms with van der Waals surface area (Å²) < 4.78 is 29.1. The highest BCUT2D eigenvalue weighted by molar-refractivity contribution is 6.31. The molecule has 0 fully saturated rings. The predicted octanol–water partition coefficient (Wildman–Crippen LogP) is 6.88. The van der Waals surface area contributed by atoms with Crippen molar-refractivity contribution in [3.05, 3.63) is 58.8 Å². The van der Waals surface area contributed by atoms with Gasteiger partial charge in [-0.2, -0.15) is 0 Å². The van der Waals surface area contributed by atoms with Crippen molar-refractivity contribution in [1.82, 2.24) is 14.9 Å². The van der Waals surface area contributed by atoms with Crippen LogP contribution in [0.15, 0.2) is 36.5 Å². The molecule has 13 nitrogen and oxygen atoms in total. The second-order valence-electron chi connectivity index (χ2n) is 11.8. The Kier molecular flexibility index (Phi) is 13.4. The molecule has 3 heterocycles. The summed E-state index contributed by atoms with van der Waals surface area (Å²) in [5.74, 6) is -0.570. The maximum Gasteiger partial charge on any atom is 0.412 e. The number of imidazole rings is 1. The number of carbonyl (C=O) groups is 4. The van der Waals surface area contributed by atoms with Crippen molar-refractivity contribution in [2.24, 2.45) is 0 Å². The van der Waals surface area contributed by atoms with E-state index in [1.807, 2.05) is 19.0 Å². The van der Waals surface area contributed by atoms with E-state index in [9.17, 15) is 23.6 Å². The molecular weight excluding hydrogens is 659 g/mol. The van der Waals surface area contributed by atoms with Crippen molar-refractivity contribution in [3.63, 3.8) is 0 Å². The zero-order valence-corrected chi connectivity index (χ0v) is 28.7. The molecule has 2 aliphatic heterocycles. The topological polar surface area (TPSA) is 164 Å². The number of anilines is 3. The third-order valence-electron chi connectivity index (χ3n) is 8.02. The van der Waals surface area contributed by atoms with Gasteiger partial charge in [-0.3, -0.25) is 10.6 Å². The van der Waals surface area contributed by atoms with Crippen LogP contribution < -0.4 is 16.0 Å². The van der Waals surface area contributed by atoms with E-state index in [4.69, 9.17) is 21.1 Å². The Morgan fingerprint density at radius 2 is 1.96 bits per heavy atom. The molecule has 0 saturated heterocycles. The van der Waals surface area contributed by atoms with E-state index in [-0.39, 0.29) is 23.5 Å². The summed E-state index contributed by atoms with van der Waals surface area (Å²) >= 11 is 5.78. The Hall–Kier alpha value is -4.69. The molecule has 0 aliphatic carbocycles. The Morgan fingerprint density at radius 3 is 2.67 bits per heavy atom. The summed E-state index contributed by atoms with van der Waals surface area (Å²) in [5.41, 5.74) is 3.36. The molecule has 49 heavy (non-hydrogen) atoms. The first-order valence-electron chi connectivity index (χ1n) is 16.1. The molecule has 4 N–H and O–H groups in total. The second-order valence-corrected chi connectivity index (χ2v) is 12.2. The number of benzene rings is 2. The first kappa shape index (κ1) is 37.1. The number of rotatable bonds is 8. The van der Waals surface area contributed by atoms with E-state index in [0.29, 0.717) is 53.4 Å². The van der Waals surface area contributed by atoms with Crippen LogP contribution in [0.4, 0.5) is 31.0 Å². The van der Waals surface area contributed by atoms with Gasteiger partial charge in [-0.15, -0.1) is 0 Å². The summed E-state index contributed by atoms with van der Waals surface area (Å²) in [4.78, 5) is 56.8. The summed E-state index contributed by atoms with van der Waals surface area (Å²) in [7, 11) is 5.20. The molecule has 2 aliphatic rings. The summed E-state index contributed by atoms with van der Waals surface area (Å²) in [5, 5.41) is 8.42. The normalized spacial score (nSPS) is 18.3. The number of aldehydes is 1. The number of ether oxygens (including phenoxy) is 3. The number of amides is 2. The van der Waals surface area contributed by atoms with Crippen LogP contribution in [0.3, 0.4) is 0 Å². The molecule has 15 heteroatoms. The molecule has 5 rings (SSSR count). The molecule has 0 saturated carbocycles. The zero-order chi connectivity index (χ0) is 35.5. The van der Waals surface area contributed by atoms with E-state index in [1.54, 1.807) is 37.4 Å². The number of halogens is 2.